The number of hydrogen-bond donors (Lipinski definition) is 2. The molecule has 5 heteroatoms. The number of nitrogens with one attached hydrogen (secondary N) is 1. The Kier molecular flexibility index (Phi) is 4.39. The molecule has 0 aliphatic rings. The van der Waals surface area contributed by atoms with Crippen LogP contribution in [-0.2, 0) is 13.0 Å². The van der Waals surface area contributed by atoms with E-state index in [0.717, 1.165) is 11.1 Å². The van der Waals surface area contributed by atoms with E-state index in [2.05, 4.69) is 5.32 Å². The molecular formula is C18H16FNO3. The molecule has 2 N–H and O–H groups in total. The van der Waals surface area contributed by atoms with E-state index in [0.29, 0.717) is 18.4 Å². The topological polar surface area (TPSA) is 62.5 Å². The quantitative estimate of drug-likeness (QED) is 0.761. The Labute approximate surface area is 132 Å². The average Bonchev–Trinajstić information content (AvgIpc) is 3.01. The highest BCUT2D eigenvalue weighted by Gasteiger charge is 2.13. The third-order valence-corrected chi connectivity index (χ3v) is 3.62. The SMILES string of the molecule is O=C(NCCc1ccc(CO)cc1)c1cc2cccc(F)c2o1. The number of carbonyl (C=O) groups is 1. The summed E-state index contributed by atoms with van der Waals surface area (Å²) in [6.45, 7) is 0.455. The molecule has 3 aromatic rings. The predicted molar refractivity (Wildman–Crippen MR) is 84.6 cm³/mol. The first-order chi connectivity index (χ1) is 11.2. The fraction of sp³-hybridized carbons (Fsp3) is 0.167. The van der Waals surface area contributed by atoms with Crippen molar-refractivity contribution < 1.29 is 18.7 Å². The third-order valence-electron chi connectivity index (χ3n) is 3.62. The fourth-order valence-corrected chi connectivity index (χ4v) is 2.36. The minimum atomic E-state index is -0.481. The van der Waals surface area contributed by atoms with Crippen molar-refractivity contribution in [2.45, 2.75) is 13.0 Å². The standard InChI is InChI=1S/C18H16FNO3/c19-15-3-1-2-14-10-16(23-17(14)15)18(22)20-9-8-12-4-6-13(11-21)7-5-12/h1-7,10,21H,8-9,11H2,(H,20,22). The van der Waals surface area contributed by atoms with Crippen molar-refractivity contribution in [2.24, 2.45) is 0 Å². The second-order valence-electron chi connectivity index (χ2n) is 5.25. The van der Waals surface area contributed by atoms with E-state index in [1.807, 2.05) is 24.3 Å². The van der Waals surface area contributed by atoms with Crippen LogP contribution in [0.2, 0.25) is 0 Å². The van der Waals surface area contributed by atoms with Gasteiger partial charge in [-0.25, -0.2) is 4.39 Å². The number of para-hydroxylation sites is 1. The molecule has 118 valence electrons. The first-order valence-corrected chi connectivity index (χ1v) is 7.32. The normalized spacial score (nSPS) is 10.9. The van der Waals surface area contributed by atoms with Gasteiger partial charge in [-0.1, -0.05) is 36.4 Å². The molecule has 23 heavy (non-hydrogen) atoms. The summed E-state index contributed by atoms with van der Waals surface area (Å²) < 4.78 is 18.8. The predicted octanol–water partition coefficient (Wildman–Crippen LogP) is 3.04. The molecule has 0 spiro atoms. The van der Waals surface area contributed by atoms with Gasteiger partial charge in [0.15, 0.2) is 17.2 Å². The molecule has 0 unspecified atom stereocenters. The fourth-order valence-electron chi connectivity index (χ4n) is 2.36. The Morgan fingerprint density at radius 3 is 2.57 bits per heavy atom. The van der Waals surface area contributed by atoms with Crippen LogP contribution in [0.25, 0.3) is 11.0 Å². The van der Waals surface area contributed by atoms with E-state index in [1.165, 1.54) is 12.1 Å². The van der Waals surface area contributed by atoms with Gasteiger partial charge in [-0.2, -0.15) is 0 Å². The molecule has 0 aliphatic carbocycles. The number of hydrogen-bond acceptors (Lipinski definition) is 3. The molecule has 0 saturated heterocycles. The van der Waals surface area contributed by atoms with E-state index >= 15 is 0 Å². The Morgan fingerprint density at radius 1 is 1.13 bits per heavy atom. The average molecular weight is 313 g/mol. The lowest BCUT2D eigenvalue weighted by molar-refractivity contribution is 0.0928. The summed E-state index contributed by atoms with van der Waals surface area (Å²) in [6, 6.07) is 13.6. The van der Waals surface area contributed by atoms with Crippen LogP contribution in [0.5, 0.6) is 0 Å². The number of rotatable bonds is 5. The van der Waals surface area contributed by atoms with Gasteiger partial charge in [0.1, 0.15) is 0 Å². The maximum absolute atomic E-state index is 13.6. The lowest BCUT2D eigenvalue weighted by Gasteiger charge is -2.04. The highest BCUT2D eigenvalue weighted by atomic mass is 19.1. The number of benzene rings is 2. The van der Waals surface area contributed by atoms with Crippen LogP contribution in [0.3, 0.4) is 0 Å². The summed E-state index contributed by atoms with van der Waals surface area (Å²) in [6.07, 6.45) is 0.659. The van der Waals surface area contributed by atoms with Gasteiger partial charge in [-0.05, 0) is 29.7 Å². The van der Waals surface area contributed by atoms with E-state index in [4.69, 9.17) is 9.52 Å². The second kappa shape index (κ2) is 6.62. The number of carbonyl (C=O) groups excluding carboxylic acids is 1. The van der Waals surface area contributed by atoms with Gasteiger partial charge < -0.3 is 14.8 Å². The van der Waals surface area contributed by atoms with Crippen LogP contribution in [0.1, 0.15) is 21.7 Å². The van der Waals surface area contributed by atoms with Crippen molar-refractivity contribution >= 4 is 16.9 Å². The number of aliphatic hydroxyl groups excluding tert-OH is 1. The van der Waals surface area contributed by atoms with Gasteiger partial charge in [0.25, 0.3) is 5.91 Å². The van der Waals surface area contributed by atoms with E-state index in [9.17, 15) is 9.18 Å². The van der Waals surface area contributed by atoms with Crippen molar-refractivity contribution in [1.82, 2.24) is 5.32 Å². The molecule has 1 heterocycles. The van der Waals surface area contributed by atoms with E-state index in [-0.39, 0.29) is 23.9 Å². The Balaban J connectivity index is 1.60. The summed E-state index contributed by atoms with van der Waals surface area (Å²) in [5.74, 6) is -0.751. The highest BCUT2D eigenvalue weighted by molar-refractivity contribution is 5.96. The van der Waals surface area contributed by atoms with Crippen LogP contribution in [0.4, 0.5) is 4.39 Å². The van der Waals surface area contributed by atoms with Gasteiger partial charge >= 0.3 is 0 Å². The summed E-state index contributed by atoms with van der Waals surface area (Å²) in [5.41, 5.74) is 2.00. The first-order valence-electron chi connectivity index (χ1n) is 7.32. The van der Waals surface area contributed by atoms with E-state index < -0.39 is 5.82 Å². The van der Waals surface area contributed by atoms with Gasteiger partial charge in [0.2, 0.25) is 0 Å². The zero-order valence-electron chi connectivity index (χ0n) is 12.4. The van der Waals surface area contributed by atoms with Crippen LogP contribution < -0.4 is 5.32 Å². The molecule has 2 aromatic carbocycles. The number of halogens is 1. The number of furan rings is 1. The van der Waals surface area contributed by atoms with Crippen LogP contribution >= 0.6 is 0 Å². The summed E-state index contributed by atoms with van der Waals surface area (Å²) in [7, 11) is 0. The van der Waals surface area contributed by atoms with Crippen LogP contribution in [0.15, 0.2) is 52.9 Å². The van der Waals surface area contributed by atoms with Crippen LogP contribution in [0, 0.1) is 5.82 Å². The Hall–Kier alpha value is -2.66. The van der Waals surface area contributed by atoms with Gasteiger partial charge in [0, 0.05) is 11.9 Å². The van der Waals surface area contributed by atoms with Crippen molar-refractivity contribution in [3.05, 3.63) is 71.2 Å². The summed E-state index contributed by atoms with van der Waals surface area (Å²) in [4.78, 5) is 12.1. The monoisotopic (exact) mass is 313 g/mol. The third kappa shape index (κ3) is 3.40. The lowest BCUT2D eigenvalue weighted by atomic mass is 10.1. The largest absolute Gasteiger partial charge is 0.448 e. The van der Waals surface area contributed by atoms with Crippen molar-refractivity contribution in [3.8, 4) is 0 Å². The van der Waals surface area contributed by atoms with Crippen molar-refractivity contribution in [3.63, 3.8) is 0 Å². The second-order valence-corrected chi connectivity index (χ2v) is 5.25. The maximum Gasteiger partial charge on any atom is 0.287 e. The minimum Gasteiger partial charge on any atom is -0.448 e. The van der Waals surface area contributed by atoms with E-state index in [1.54, 1.807) is 12.1 Å². The number of amides is 1. The number of fused-ring (bicyclic) bond motifs is 1. The summed E-state index contributed by atoms with van der Waals surface area (Å²) >= 11 is 0. The molecule has 3 rings (SSSR count). The number of aliphatic hydroxyl groups is 1. The van der Waals surface area contributed by atoms with Crippen molar-refractivity contribution in [1.29, 1.82) is 0 Å². The zero-order valence-corrected chi connectivity index (χ0v) is 12.4. The molecule has 1 amide bonds. The Morgan fingerprint density at radius 2 is 1.87 bits per heavy atom. The maximum atomic E-state index is 13.6. The van der Waals surface area contributed by atoms with Gasteiger partial charge in [-0.15, -0.1) is 0 Å². The molecule has 0 radical (unpaired) electrons. The molecule has 0 saturated carbocycles. The smallest absolute Gasteiger partial charge is 0.287 e. The van der Waals surface area contributed by atoms with Gasteiger partial charge in [-0.3, -0.25) is 4.79 Å². The minimum absolute atomic E-state index is 0.0135. The molecule has 0 fully saturated rings. The molecule has 4 nitrogen and oxygen atoms in total. The molecular weight excluding hydrogens is 297 g/mol. The van der Waals surface area contributed by atoms with Crippen LogP contribution in [-0.4, -0.2) is 17.6 Å². The summed E-state index contributed by atoms with van der Waals surface area (Å²) in [5, 5.41) is 12.3. The lowest BCUT2D eigenvalue weighted by Crippen LogP contribution is -2.25. The molecule has 0 aliphatic heterocycles. The molecule has 1 aromatic heterocycles. The molecule has 0 atom stereocenters. The first kappa shape index (κ1) is 15.2. The Bertz CT molecular complexity index is 824. The molecule has 0 bridgehead atoms. The highest BCUT2D eigenvalue weighted by Crippen LogP contribution is 2.21. The van der Waals surface area contributed by atoms with Crippen molar-refractivity contribution in [2.75, 3.05) is 6.54 Å². The van der Waals surface area contributed by atoms with Gasteiger partial charge in [0.05, 0.1) is 6.61 Å². The zero-order chi connectivity index (χ0) is 16.2.